The summed E-state index contributed by atoms with van der Waals surface area (Å²) in [5.41, 5.74) is 0.886. The van der Waals surface area contributed by atoms with Crippen LogP contribution >= 0.6 is 0 Å². The van der Waals surface area contributed by atoms with Crippen LogP contribution in [0.5, 0.6) is 11.5 Å². The molecule has 0 unspecified atom stereocenters. The molecule has 2 aromatic carbocycles. The van der Waals surface area contributed by atoms with Gasteiger partial charge >= 0.3 is 5.97 Å². The highest BCUT2D eigenvalue weighted by molar-refractivity contribution is 6.14. The number of esters is 1. The molecule has 0 fully saturated rings. The van der Waals surface area contributed by atoms with Crippen LogP contribution in [0.2, 0.25) is 0 Å². The molecule has 26 heavy (non-hydrogen) atoms. The minimum absolute atomic E-state index is 0.0909. The van der Waals surface area contributed by atoms with E-state index in [0.29, 0.717) is 22.6 Å². The number of fused-ring (bicyclic) bond motifs is 1. The number of halogens is 1. The van der Waals surface area contributed by atoms with Gasteiger partial charge in [-0.25, -0.2) is 9.18 Å². The largest absolute Gasteiger partial charge is 0.482 e. The van der Waals surface area contributed by atoms with Crippen LogP contribution in [-0.4, -0.2) is 25.0 Å². The van der Waals surface area contributed by atoms with Crippen molar-refractivity contribution in [3.8, 4) is 11.5 Å². The second-order valence-electron chi connectivity index (χ2n) is 5.41. The topological polar surface area (TPSA) is 61.8 Å². The molecule has 6 heteroatoms. The molecule has 0 radical (unpaired) electrons. The van der Waals surface area contributed by atoms with Gasteiger partial charge in [-0.2, -0.15) is 0 Å². The SMILES string of the molecule is C=CCOC(=O)COc1ccc2c(c1)O/C(=C/c1cccc(F)c1)C2=O. The van der Waals surface area contributed by atoms with E-state index in [1.165, 1.54) is 30.4 Å². The summed E-state index contributed by atoms with van der Waals surface area (Å²) in [6.45, 7) is 3.28. The standard InChI is InChI=1S/C20H15FO5/c1-2-8-24-19(22)12-25-15-6-7-16-17(11-15)26-18(20(16)23)10-13-4-3-5-14(21)9-13/h2-7,9-11H,1,8,12H2/b18-10+. The number of hydrogen-bond acceptors (Lipinski definition) is 5. The second-order valence-corrected chi connectivity index (χ2v) is 5.41. The van der Waals surface area contributed by atoms with Gasteiger partial charge in [-0.05, 0) is 35.9 Å². The minimum Gasteiger partial charge on any atom is -0.482 e. The van der Waals surface area contributed by atoms with Gasteiger partial charge in [0.2, 0.25) is 5.78 Å². The number of hydrogen-bond donors (Lipinski definition) is 0. The van der Waals surface area contributed by atoms with Crippen LogP contribution in [0.3, 0.4) is 0 Å². The summed E-state index contributed by atoms with van der Waals surface area (Å²) in [6.07, 6.45) is 2.93. The maximum atomic E-state index is 13.3. The third-order valence-electron chi connectivity index (χ3n) is 3.51. The lowest BCUT2D eigenvalue weighted by Crippen LogP contribution is -2.14. The van der Waals surface area contributed by atoms with Gasteiger partial charge in [0.15, 0.2) is 12.4 Å². The van der Waals surface area contributed by atoms with Crippen LogP contribution in [0, 0.1) is 5.82 Å². The lowest BCUT2D eigenvalue weighted by molar-refractivity contribution is -0.144. The van der Waals surface area contributed by atoms with Gasteiger partial charge in [-0.15, -0.1) is 0 Å². The first kappa shape index (κ1) is 17.4. The zero-order valence-corrected chi connectivity index (χ0v) is 13.7. The molecular formula is C20H15FO5. The van der Waals surface area contributed by atoms with E-state index in [1.54, 1.807) is 24.3 Å². The Hall–Kier alpha value is -3.41. The van der Waals surface area contributed by atoms with Gasteiger partial charge in [-0.3, -0.25) is 4.79 Å². The Labute approximate surface area is 149 Å². The van der Waals surface area contributed by atoms with Crippen molar-refractivity contribution in [3.05, 3.63) is 77.8 Å². The number of ketones is 1. The van der Waals surface area contributed by atoms with Gasteiger partial charge in [0, 0.05) is 6.07 Å². The van der Waals surface area contributed by atoms with Crippen molar-refractivity contribution in [1.82, 2.24) is 0 Å². The number of allylic oxidation sites excluding steroid dienone is 1. The third kappa shape index (κ3) is 3.97. The Morgan fingerprint density at radius 1 is 1.23 bits per heavy atom. The Morgan fingerprint density at radius 2 is 2.08 bits per heavy atom. The van der Waals surface area contributed by atoms with E-state index in [1.807, 2.05) is 0 Å². The smallest absolute Gasteiger partial charge is 0.344 e. The van der Waals surface area contributed by atoms with Crippen molar-refractivity contribution < 1.29 is 28.2 Å². The number of benzene rings is 2. The number of carbonyl (C=O) groups is 2. The molecule has 0 spiro atoms. The van der Waals surface area contributed by atoms with E-state index in [4.69, 9.17) is 14.2 Å². The molecule has 1 aliphatic rings. The molecular weight excluding hydrogens is 339 g/mol. The molecule has 1 heterocycles. The molecule has 132 valence electrons. The minimum atomic E-state index is -0.533. The number of ether oxygens (including phenoxy) is 3. The Bertz CT molecular complexity index is 901. The summed E-state index contributed by atoms with van der Waals surface area (Å²) in [7, 11) is 0. The first-order valence-electron chi connectivity index (χ1n) is 7.80. The van der Waals surface area contributed by atoms with Gasteiger partial charge < -0.3 is 14.2 Å². The highest BCUT2D eigenvalue weighted by Gasteiger charge is 2.27. The molecule has 0 aliphatic carbocycles. The zero-order valence-electron chi connectivity index (χ0n) is 13.7. The summed E-state index contributed by atoms with van der Waals surface area (Å²) in [6, 6.07) is 10.5. The van der Waals surface area contributed by atoms with Gasteiger partial charge in [0.25, 0.3) is 0 Å². The Balaban J connectivity index is 1.72. The molecule has 0 N–H and O–H groups in total. The summed E-state index contributed by atoms with van der Waals surface area (Å²) >= 11 is 0. The fourth-order valence-electron chi connectivity index (χ4n) is 2.34. The average Bonchev–Trinajstić information content (AvgIpc) is 2.93. The lowest BCUT2D eigenvalue weighted by Gasteiger charge is -2.06. The molecule has 3 rings (SSSR count). The molecule has 2 aromatic rings. The first-order valence-corrected chi connectivity index (χ1v) is 7.80. The Kier molecular flexibility index (Phi) is 5.12. The quantitative estimate of drug-likeness (QED) is 0.451. The zero-order chi connectivity index (χ0) is 18.5. The van der Waals surface area contributed by atoms with E-state index in [9.17, 15) is 14.0 Å². The second kappa shape index (κ2) is 7.65. The molecule has 1 aliphatic heterocycles. The molecule has 0 amide bonds. The third-order valence-corrected chi connectivity index (χ3v) is 3.51. The monoisotopic (exact) mass is 354 g/mol. The van der Waals surface area contributed by atoms with Crippen molar-refractivity contribution in [3.63, 3.8) is 0 Å². The van der Waals surface area contributed by atoms with E-state index in [-0.39, 0.29) is 24.8 Å². The van der Waals surface area contributed by atoms with Crippen molar-refractivity contribution in [2.24, 2.45) is 0 Å². The van der Waals surface area contributed by atoms with Crippen LogP contribution in [-0.2, 0) is 9.53 Å². The molecule has 0 saturated heterocycles. The molecule has 5 nitrogen and oxygen atoms in total. The van der Waals surface area contributed by atoms with Crippen molar-refractivity contribution in [2.45, 2.75) is 0 Å². The van der Waals surface area contributed by atoms with Crippen LogP contribution in [0.15, 0.2) is 60.9 Å². The number of Topliss-reactive ketones (excluding diaryl/α,β-unsaturated/α-hetero) is 1. The molecule has 0 aromatic heterocycles. The van der Waals surface area contributed by atoms with Gasteiger partial charge in [0.05, 0.1) is 5.56 Å². The summed E-state index contributed by atoms with van der Waals surface area (Å²) < 4.78 is 29.0. The highest BCUT2D eigenvalue weighted by atomic mass is 19.1. The summed E-state index contributed by atoms with van der Waals surface area (Å²) in [4.78, 5) is 23.8. The summed E-state index contributed by atoms with van der Waals surface area (Å²) in [5, 5.41) is 0. The van der Waals surface area contributed by atoms with E-state index in [0.717, 1.165) is 0 Å². The molecule has 0 bridgehead atoms. The molecule has 0 atom stereocenters. The van der Waals surface area contributed by atoms with Crippen molar-refractivity contribution in [2.75, 3.05) is 13.2 Å². The van der Waals surface area contributed by atoms with Crippen LogP contribution in [0.25, 0.3) is 6.08 Å². The van der Waals surface area contributed by atoms with Crippen molar-refractivity contribution >= 4 is 17.8 Å². The maximum Gasteiger partial charge on any atom is 0.344 e. The highest BCUT2D eigenvalue weighted by Crippen LogP contribution is 2.34. The predicted molar refractivity (Wildman–Crippen MR) is 92.4 cm³/mol. The van der Waals surface area contributed by atoms with E-state index in [2.05, 4.69) is 6.58 Å². The van der Waals surface area contributed by atoms with Crippen LogP contribution in [0.1, 0.15) is 15.9 Å². The lowest BCUT2D eigenvalue weighted by atomic mass is 10.1. The van der Waals surface area contributed by atoms with Crippen molar-refractivity contribution in [1.29, 1.82) is 0 Å². The summed E-state index contributed by atoms with van der Waals surface area (Å²) in [5.74, 6) is -0.474. The first-order chi connectivity index (χ1) is 12.6. The number of rotatable bonds is 6. The Morgan fingerprint density at radius 3 is 2.85 bits per heavy atom. The van der Waals surface area contributed by atoms with Crippen LogP contribution < -0.4 is 9.47 Å². The van der Waals surface area contributed by atoms with Crippen LogP contribution in [0.4, 0.5) is 4.39 Å². The normalized spacial score (nSPS) is 13.9. The fourth-order valence-corrected chi connectivity index (χ4v) is 2.34. The maximum absolute atomic E-state index is 13.3. The van der Waals surface area contributed by atoms with E-state index < -0.39 is 11.8 Å². The average molecular weight is 354 g/mol. The van der Waals surface area contributed by atoms with Gasteiger partial charge in [0.1, 0.15) is 23.9 Å². The van der Waals surface area contributed by atoms with E-state index >= 15 is 0 Å². The van der Waals surface area contributed by atoms with Gasteiger partial charge in [-0.1, -0.05) is 24.8 Å². The molecule has 0 saturated carbocycles. The fraction of sp³-hybridized carbons (Fsp3) is 0.100. The predicted octanol–water partition coefficient (Wildman–Crippen LogP) is 3.55. The number of carbonyl (C=O) groups excluding carboxylic acids is 2.